The molecule has 0 saturated carbocycles. The van der Waals surface area contributed by atoms with Crippen molar-refractivity contribution < 1.29 is 9.53 Å². The Labute approximate surface area is 162 Å². The van der Waals surface area contributed by atoms with E-state index in [1.54, 1.807) is 7.11 Å². The predicted molar refractivity (Wildman–Crippen MR) is 109 cm³/mol. The number of ether oxygens (including phenoxy) is 1. The van der Waals surface area contributed by atoms with Gasteiger partial charge in [0.25, 0.3) is 0 Å². The lowest BCUT2D eigenvalue weighted by Gasteiger charge is -2.18. The van der Waals surface area contributed by atoms with Crippen LogP contribution in [0.15, 0.2) is 78.9 Å². The summed E-state index contributed by atoms with van der Waals surface area (Å²) in [4.78, 5) is 13.3. The molecule has 0 aliphatic heterocycles. The van der Waals surface area contributed by atoms with Crippen LogP contribution in [-0.2, 0) is 6.42 Å². The molecule has 3 rings (SSSR count). The van der Waals surface area contributed by atoms with Gasteiger partial charge >= 0.3 is 0 Å². The largest absolute Gasteiger partial charge is 0.497 e. The van der Waals surface area contributed by atoms with Gasteiger partial charge in [0.1, 0.15) is 5.75 Å². The van der Waals surface area contributed by atoms with E-state index in [0.29, 0.717) is 12.0 Å². The van der Waals surface area contributed by atoms with E-state index >= 15 is 0 Å². The summed E-state index contributed by atoms with van der Waals surface area (Å²) in [6, 6.07) is 25.6. The van der Waals surface area contributed by atoms with E-state index in [2.05, 4.69) is 46.9 Å². The summed E-state index contributed by atoms with van der Waals surface area (Å²) in [6.07, 6.45) is 0.686. The summed E-state index contributed by atoms with van der Waals surface area (Å²) in [5, 5.41) is 0. The highest BCUT2D eigenvalue weighted by molar-refractivity contribution is 14.1. The number of hydrogen-bond acceptors (Lipinski definition) is 2. The molecule has 3 heteroatoms. The summed E-state index contributed by atoms with van der Waals surface area (Å²) in [6.45, 7) is 0. The van der Waals surface area contributed by atoms with E-state index in [-0.39, 0.29) is 11.7 Å². The third-order valence-electron chi connectivity index (χ3n) is 4.25. The van der Waals surface area contributed by atoms with Gasteiger partial charge < -0.3 is 4.74 Å². The molecular weight excluding hydrogens is 423 g/mol. The van der Waals surface area contributed by atoms with E-state index < -0.39 is 0 Å². The first-order valence-corrected chi connectivity index (χ1v) is 9.23. The Morgan fingerprint density at radius 2 is 1.56 bits per heavy atom. The zero-order valence-corrected chi connectivity index (χ0v) is 16.1. The smallest absolute Gasteiger partial charge is 0.170 e. The average molecular weight is 442 g/mol. The molecule has 0 aliphatic carbocycles. The molecule has 0 N–H and O–H groups in total. The van der Waals surface area contributed by atoms with Crippen LogP contribution in [-0.4, -0.2) is 12.9 Å². The number of halogens is 1. The topological polar surface area (TPSA) is 26.3 Å². The Bertz CT molecular complexity index is 841. The molecule has 0 aromatic heterocycles. The molecule has 126 valence electrons. The molecule has 0 amide bonds. The van der Waals surface area contributed by atoms with Crippen molar-refractivity contribution in [2.24, 2.45) is 0 Å². The molecule has 0 bridgehead atoms. The van der Waals surface area contributed by atoms with Crippen LogP contribution in [0.1, 0.15) is 27.4 Å². The molecule has 1 unspecified atom stereocenters. The van der Waals surface area contributed by atoms with Crippen LogP contribution in [0, 0.1) is 3.57 Å². The normalized spacial score (nSPS) is 11.8. The van der Waals surface area contributed by atoms with E-state index in [0.717, 1.165) is 20.4 Å². The summed E-state index contributed by atoms with van der Waals surface area (Å²) in [5.41, 5.74) is 2.95. The average Bonchev–Trinajstić information content (AvgIpc) is 2.67. The van der Waals surface area contributed by atoms with Gasteiger partial charge in [0.15, 0.2) is 5.78 Å². The van der Waals surface area contributed by atoms with Crippen molar-refractivity contribution in [1.29, 1.82) is 0 Å². The Hall–Kier alpha value is -2.14. The monoisotopic (exact) mass is 442 g/mol. The molecule has 25 heavy (non-hydrogen) atoms. The van der Waals surface area contributed by atoms with Crippen LogP contribution in [0.4, 0.5) is 0 Å². The number of ketones is 1. The molecule has 0 aliphatic rings. The number of hydrogen-bond donors (Lipinski definition) is 0. The van der Waals surface area contributed by atoms with Crippen molar-refractivity contribution in [2.75, 3.05) is 7.11 Å². The van der Waals surface area contributed by atoms with E-state index in [4.69, 9.17) is 4.74 Å². The first-order valence-electron chi connectivity index (χ1n) is 8.15. The predicted octanol–water partition coefficient (Wildman–Crippen LogP) is 5.51. The number of carbonyl (C=O) groups is 1. The number of carbonyl (C=O) groups excluding carboxylic acids is 1. The lowest BCUT2D eigenvalue weighted by atomic mass is 9.85. The molecule has 2 nitrogen and oxygen atoms in total. The van der Waals surface area contributed by atoms with Crippen LogP contribution in [0.3, 0.4) is 0 Å². The Balaban J connectivity index is 1.97. The third-order valence-corrected chi connectivity index (χ3v) is 5.24. The Morgan fingerprint density at radius 3 is 2.20 bits per heavy atom. The summed E-state index contributed by atoms with van der Waals surface area (Å²) in [7, 11) is 1.63. The molecule has 1 atom stereocenters. The maximum atomic E-state index is 13.3. The molecule has 0 heterocycles. The zero-order valence-electron chi connectivity index (χ0n) is 14.0. The lowest BCUT2D eigenvalue weighted by molar-refractivity contribution is 0.0958. The van der Waals surface area contributed by atoms with E-state index in [9.17, 15) is 4.79 Å². The molecule has 0 saturated heterocycles. The summed E-state index contributed by atoms with van der Waals surface area (Å²) < 4.78 is 6.31. The Morgan fingerprint density at radius 1 is 0.920 bits per heavy atom. The van der Waals surface area contributed by atoms with Crippen LogP contribution in [0.2, 0.25) is 0 Å². The standard InChI is InChI=1S/C22H19IO2/c1-25-18-13-11-17(12-14-18)22(24)20(15-16-7-3-2-4-8-16)19-9-5-6-10-21(19)23/h2-14,20H,15H2,1H3. The first-order chi connectivity index (χ1) is 12.2. The van der Waals surface area contributed by atoms with Gasteiger partial charge in [-0.3, -0.25) is 4.79 Å². The van der Waals surface area contributed by atoms with E-state index in [1.807, 2.05) is 54.6 Å². The SMILES string of the molecule is COc1ccc(C(=O)C(Cc2ccccc2)c2ccccc2I)cc1. The molecule has 3 aromatic carbocycles. The quantitative estimate of drug-likeness (QED) is 0.372. The number of Topliss-reactive ketones (excluding diaryl/α,β-unsaturated/α-hetero) is 1. The lowest BCUT2D eigenvalue weighted by Crippen LogP contribution is -2.17. The highest BCUT2D eigenvalue weighted by Crippen LogP contribution is 2.29. The fourth-order valence-electron chi connectivity index (χ4n) is 2.91. The van der Waals surface area contributed by atoms with Crippen molar-refractivity contribution in [3.63, 3.8) is 0 Å². The van der Waals surface area contributed by atoms with Gasteiger partial charge in [-0.1, -0.05) is 48.5 Å². The van der Waals surface area contributed by atoms with E-state index in [1.165, 1.54) is 0 Å². The molecule has 0 radical (unpaired) electrons. The van der Waals surface area contributed by atoms with Gasteiger partial charge in [-0.2, -0.15) is 0 Å². The van der Waals surface area contributed by atoms with Crippen LogP contribution in [0.5, 0.6) is 5.75 Å². The van der Waals surface area contributed by atoms with Gasteiger partial charge in [-0.15, -0.1) is 0 Å². The van der Waals surface area contributed by atoms with Crippen molar-refractivity contribution in [3.8, 4) is 5.75 Å². The van der Waals surface area contributed by atoms with Gasteiger partial charge in [0.05, 0.1) is 13.0 Å². The minimum atomic E-state index is -0.205. The highest BCUT2D eigenvalue weighted by Gasteiger charge is 2.24. The molecular formula is C22H19IO2. The molecule has 0 spiro atoms. The second-order valence-corrected chi connectivity index (χ2v) is 7.02. The zero-order chi connectivity index (χ0) is 17.6. The maximum Gasteiger partial charge on any atom is 0.170 e. The van der Waals surface area contributed by atoms with Gasteiger partial charge in [-0.05, 0) is 70.5 Å². The first kappa shape index (κ1) is 17.7. The number of rotatable bonds is 6. The van der Waals surface area contributed by atoms with Crippen molar-refractivity contribution in [1.82, 2.24) is 0 Å². The second-order valence-electron chi connectivity index (χ2n) is 5.86. The third kappa shape index (κ3) is 4.28. The van der Waals surface area contributed by atoms with Crippen LogP contribution in [0.25, 0.3) is 0 Å². The molecule has 0 fully saturated rings. The summed E-state index contributed by atoms with van der Waals surface area (Å²) >= 11 is 2.31. The minimum absolute atomic E-state index is 0.135. The Kier molecular flexibility index (Phi) is 5.87. The van der Waals surface area contributed by atoms with Gasteiger partial charge in [0.2, 0.25) is 0 Å². The maximum absolute atomic E-state index is 13.3. The van der Waals surface area contributed by atoms with Crippen molar-refractivity contribution in [2.45, 2.75) is 12.3 Å². The van der Waals surface area contributed by atoms with Crippen molar-refractivity contribution in [3.05, 3.63) is 99.1 Å². The minimum Gasteiger partial charge on any atom is -0.497 e. The van der Waals surface area contributed by atoms with Crippen LogP contribution >= 0.6 is 22.6 Å². The van der Waals surface area contributed by atoms with Crippen molar-refractivity contribution >= 4 is 28.4 Å². The van der Waals surface area contributed by atoms with Gasteiger partial charge in [0, 0.05) is 9.13 Å². The van der Waals surface area contributed by atoms with Crippen LogP contribution < -0.4 is 4.74 Å². The fourth-order valence-corrected chi connectivity index (χ4v) is 3.67. The summed E-state index contributed by atoms with van der Waals surface area (Å²) in [5.74, 6) is 0.685. The number of methoxy groups -OCH3 is 1. The number of benzene rings is 3. The van der Waals surface area contributed by atoms with Gasteiger partial charge in [-0.25, -0.2) is 0 Å². The second kappa shape index (κ2) is 8.30. The highest BCUT2D eigenvalue weighted by atomic mass is 127. The molecule has 3 aromatic rings. The fraction of sp³-hybridized carbons (Fsp3) is 0.136.